The third kappa shape index (κ3) is 5.76. The van der Waals surface area contributed by atoms with Crippen molar-refractivity contribution in [2.24, 2.45) is 0 Å². The lowest BCUT2D eigenvalue weighted by Gasteiger charge is -2.15. The second-order valence-electron chi connectivity index (χ2n) is 5.24. The number of anilines is 1. The van der Waals surface area contributed by atoms with Gasteiger partial charge in [-0.25, -0.2) is 4.39 Å². The molecule has 0 heterocycles. The van der Waals surface area contributed by atoms with Crippen LogP contribution in [0.25, 0.3) is 0 Å². The molecule has 0 aliphatic rings. The minimum atomic E-state index is -0.718. The molecule has 0 fully saturated rings. The summed E-state index contributed by atoms with van der Waals surface area (Å²) in [6, 6.07) is 11.4. The van der Waals surface area contributed by atoms with Crippen LogP contribution in [0.1, 0.15) is 6.92 Å². The minimum absolute atomic E-state index is 0.0191. The average Bonchev–Trinajstić information content (AvgIpc) is 2.60. The Kier molecular flexibility index (Phi) is 6.27. The standard InChI is InChI=1S/C17H18FN3O4/c1-12(25-16-8-2-13(18)3-9-16)17(22)20-11-10-19-14-4-6-15(7-5-14)21(23)24/h2-9,12,19H,10-11H2,1H3,(H,20,22)/t12-/m0/s1. The molecule has 0 aromatic heterocycles. The number of hydrogen-bond donors (Lipinski definition) is 2. The van der Waals surface area contributed by atoms with Gasteiger partial charge in [0.25, 0.3) is 11.6 Å². The van der Waals surface area contributed by atoms with E-state index in [0.717, 1.165) is 5.69 Å². The Morgan fingerprint density at radius 3 is 2.40 bits per heavy atom. The van der Waals surface area contributed by atoms with E-state index >= 15 is 0 Å². The zero-order chi connectivity index (χ0) is 18.2. The van der Waals surface area contributed by atoms with Crippen molar-refractivity contribution in [2.45, 2.75) is 13.0 Å². The number of hydrogen-bond acceptors (Lipinski definition) is 5. The van der Waals surface area contributed by atoms with E-state index < -0.39 is 11.0 Å². The number of carbonyl (C=O) groups is 1. The normalized spacial score (nSPS) is 11.4. The van der Waals surface area contributed by atoms with Crippen molar-refractivity contribution < 1.29 is 18.8 Å². The Bertz CT molecular complexity index is 720. The molecular formula is C17H18FN3O4. The van der Waals surface area contributed by atoms with Crippen LogP contribution in [0.2, 0.25) is 0 Å². The Morgan fingerprint density at radius 1 is 1.16 bits per heavy atom. The van der Waals surface area contributed by atoms with Gasteiger partial charge in [0.2, 0.25) is 0 Å². The third-order valence-electron chi connectivity index (χ3n) is 3.33. The molecule has 2 aromatic carbocycles. The van der Waals surface area contributed by atoms with E-state index in [0.29, 0.717) is 18.8 Å². The van der Waals surface area contributed by atoms with Crippen LogP contribution >= 0.6 is 0 Å². The van der Waals surface area contributed by atoms with Crippen LogP contribution in [0, 0.1) is 15.9 Å². The van der Waals surface area contributed by atoms with Crippen molar-refractivity contribution in [3.8, 4) is 5.75 Å². The molecule has 0 aliphatic heterocycles. The van der Waals surface area contributed by atoms with Gasteiger partial charge in [0.1, 0.15) is 11.6 Å². The lowest BCUT2D eigenvalue weighted by Crippen LogP contribution is -2.38. The zero-order valence-electron chi connectivity index (χ0n) is 13.6. The van der Waals surface area contributed by atoms with Gasteiger partial charge < -0.3 is 15.4 Å². The van der Waals surface area contributed by atoms with Crippen LogP contribution in [-0.4, -0.2) is 30.0 Å². The SMILES string of the molecule is C[C@H](Oc1ccc(F)cc1)C(=O)NCCNc1ccc([N+](=O)[O-])cc1. The van der Waals surface area contributed by atoms with Gasteiger partial charge in [-0.1, -0.05) is 0 Å². The molecule has 25 heavy (non-hydrogen) atoms. The molecule has 7 nitrogen and oxygen atoms in total. The van der Waals surface area contributed by atoms with Crippen molar-refractivity contribution in [3.05, 3.63) is 64.5 Å². The van der Waals surface area contributed by atoms with E-state index in [4.69, 9.17) is 4.74 Å². The monoisotopic (exact) mass is 347 g/mol. The number of halogens is 1. The summed E-state index contributed by atoms with van der Waals surface area (Å²) in [4.78, 5) is 22.0. The summed E-state index contributed by atoms with van der Waals surface area (Å²) in [5.74, 6) is -0.260. The number of nitrogens with zero attached hydrogens (tertiary/aromatic N) is 1. The molecule has 2 N–H and O–H groups in total. The second kappa shape index (κ2) is 8.62. The molecule has 2 aromatic rings. The van der Waals surface area contributed by atoms with Crippen molar-refractivity contribution >= 4 is 17.3 Å². The number of carbonyl (C=O) groups excluding carboxylic acids is 1. The van der Waals surface area contributed by atoms with Gasteiger partial charge >= 0.3 is 0 Å². The van der Waals surface area contributed by atoms with Gasteiger partial charge in [-0.15, -0.1) is 0 Å². The maximum absolute atomic E-state index is 12.8. The maximum Gasteiger partial charge on any atom is 0.269 e. The summed E-state index contributed by atoms with van der Waals surface area (Å²) in [5, 5.41) is 16.3. The largest absolute Gasteiger partial charge is 0.481 e. The molecule has 0 bridgehead atoms. The smallest absolute Gasteiger partial charge is 0.269 e. The van der Waals surface area contributed by atoms with E-state index in [1.54, 1.807) is 19.1 Å². The number of benzene rings is 2. The molecule has 0 aliphatic carbocycles. The summed E-state index contributed by atoms with van der Waals surface area (Å²) >= 11 is 0. The Hall–Kier alpha value is -3.16. The molecule has 0 saturated carbocycles. The predicted octanol–water partition coefficient (Wildman–Crippen LogP) is 2.73. The molecule has 0 spiro atoms. The van der Waals surface area contributed by atoms with Crippen molar-refractivity contribution in [1.29, 1.82) is 0 Å². The zero-order valence-corrected chi connectivity index (χ0v) is 13.6. The maximum atomic E-state index is 12.8. The van der Waals surface area contributed by atoms with Crippen LogP contribution in [0.15, 0.2) is 48.5 Å². The van der Waals surface area contributed by atoms with Gasteiger partial charge in [0.15, 0.2) is 6.10 Å². The summed E-state index contributed by atoms with van der Waals surface area (Å²) in [6.07, 6.45) is -0.718. The quantitative estimate of drug-likeness (QED) is 0.435. The predicted molar refractivity (Wildman–Crippen MR) is 91.1 cm³/mol. The molecule has 132 valence electrons. The van der Waals surface area contributed by atoms with Gasteiger partial charge in [-0.2, -0.15) is 0 Å². The fourth-order valence-electron chi connectivity index (χ4n) is 2.01. The second-order valence-corrected chi connectivity index (χ2v) is 5.24. The number of nitrogens with one attached hydrogen (secondary N) is 2. The fraction of sp³-hybridized carbons (Fsp3) is 0.235. The van der Waals surface area contributed by atoms with E-state index in [9.17, 15) is 19.3 Å². The molecule has 1 atom stereocenters. The first kappa shape index (κ1) is 18.2. The fourth-order valence-corrected chi connectivity index (χ4v) is 2.01. The molecule has 0 radical (unpaired) electrons. The van der Waals surface area contributed by atoms with Gasteiger partial charge in [-0.3, -0.25) is 14.9 Å². The van der Waals surface area contributed by atoms with E-state index in [-0.39, 0.29) is 17.4 Å². The highest BCUT2D eigenvalue weighted by atomic mass is 19.1. The molecule has 8 heteroatoms. The lowest BCUT2D eigenvalue weighted by atomic mass is 10.3. The van der Waals surface area contributed by atoms with Crippen LogP contribution in [-0.2, 0) is 4.79 Å². The topological polar surface area (TPSA) is 93.5 Å². The average molecular weight is 347 g/mol. The van der Waals surface area contributed by atoms with Gasteiger partial charge in [-0.05, 0) is 43.3 Å². The van der Waals surface area contributed by atoms with Crippen LogP contribution in [0.5, 0.6) is 5.75 Å². The molecular weight excluding hydrogens is 329 g/mol. The first-order valence-corrected chi connectivity index (χ1v) is 7.64. The Morgan fingerprint density at radius 2 is 1.80 bits per heavy atom. The van der Waals surface area contributed by atoms with E-state index in [2.05, 4.69) is 10.6 Å². The molecule has 0 saturated heterocycles. The third-order valence-corrected chi connectivity index (χ3v) is 3.33. The number of rotatable bonds is 8. The molecule has 0 unspecified atom stereocenters. The summed E-state index contributed by atoms with van der Waals surface area (Å²) < 4.78 is 18.2. The number of nitro groups is 1. The van der Waals surface area contributed by atoms with Crippen molar-refractivity contribution in [1.82, 2.24) is 5.32 Å². The van der Waals surface area contributed by atoms with Gasteiger partial charge in [0.05, 0.1) is 4.92 Å². The van der Waals surface area contributed by atoms with Crippen LogP contribution in [0.3, 0.4) is 0 Å². The summed E-state index contributed by atoms with van der Waals surface area (Å²) in [7, 11) is 0. The Labute approximate surface area is 144 Å². The highest BCUT2D eigenvalue weighted by molar-refractivity contribution is 5.80. The van der Waals surface area contributed by atoms with Crippen molar-refractivity contribution in [3.63, 3.8) is 0 Å². The number of amides is 1. The summed E-state index contributed by atoms with van der Waals surface area (Å²) in [5.41, 5.74) is 0.737. The summed E-state index contributed by atoms with van der Waals surface area (Å²) in [6.45, 7) is 2.40. The first-order chi connectivity index (χ1) is 12.0. The van der Waals surface area contributed by atoms with Crippen molar-refractivity contribution in [2.75, 3.05) is 18.4 Å². The van der Waals surface area contributed by atoms with E-state index in [1.807, 2.05) is 0 Å². The number of non-ortho nitro benzene ring substituents is 1. The molecule has 2 rings (SSSR count). The first-order valence-electron chi connectivity index (χ1n) is 7.64. The van der Waals surface area contributed by atoms with Crippen LogP contribution < -0.4 is 15.4 Å². The highest BCUT2D eigenvalue weighted by Crippen LogP contribution is 2.15. The highest BCUT2D eigenvalue weighted by Gasteiger charge is 2.13. The van der Waals surface area contributed by atoms with Crippen LogP contribution in [0.4, 0.5) is 15.8 Å². The van der Waals surface area contributed by atoms with E-state index in [1.165, 1.54) is 36.4 Å². The number of ether oxygens (including phenoxy) is 1. The Balaban J connectivity index is 1.70. The minimum Gasteiger partial charge on any atom is -0.481 e. The molecule has 1 amide bonds. The number of nitro benzene ring substituents is 1. The lowest BCUT2D eigenvalue weighted by molar-refractivity contribution is -0.384. The van der Waals surface area contributed by atoms with Gasteiger partial charge in [0, 0.05) is 30.9 Å².